The normalized spacial score (nSPS) is 18.7. The van der Waals surface area contributed by atoms with Crippen molar-refractivity contribution in [1.82, 2.24) is 25.4 Å². The smallest absolute Gasteiger partial charge is 0.254 e. The minimum Gasteiger partial charge on any atom is -0.508 e. The Balaban J connectivity index is 1.22. The molecular formula is C41H48ClN5O7. The Kier molecular flexibility index (Phi) is 12.0. The van der Waals surface area contributed by atoms with Crippen molar-refractivity contribution in [1.29, 1.82) is 0 Å². The fourth-order valence-electron chi connectivity index (χ4n) is 7.78. The molecule has 13 heteroatoms. The predicted molar refractivity (Wildman–Crippen MR) is 206 cm³/mol. The molecule has 4 aromatic rings. The van der Waals surface area contributed by atoms with Crippen LogP contribution in [0.25, 0.3) is 10.9 Å². The van der Waals surface area contributed by atoms with Crippen LogP contribution >= 0.6 is 11.6 Å². The van der Waals surface area contributed by atoms with Crippen LogP contribution in [0, 0.1) is 17.8 Å². The van der Waals surface area contributed by atoms with Crippen LogP contribution in [0.4, 0.5) is 0 Å². The Hall–Kier alpha value is -5.23. The number of halogens is 1. The van der Waals surface area contributed by atoms with Crippen molar-refractivity contribution < 1.29 is 33.8 Å². The number of nitrogens with one attached hydrogen (secondary N) is 3. The number of likely N-dealkylation sites (N-methyl/N-ethyl adjacent to an activating group) is 1. The van der Waals surface area contributed by atoms with Gasteiger partial charge in [-0.3, -0.25) is 19.2 Å². The number of hydrogen-bond donors (Lipinski definition) is 4. The molecule has 2 saturated heterocycles. The molecule has 0 spiro atoms. The number of phenolic OH excluding ortho intramolecular Hbond substituents is 1. The number of aryl methyl sites for hydroxylation is 1. The molecule has 0 saturated carbocycles. The highest BCUT2D eigenvalue weighted by molar-refractivity contribution is 6.31. The topological polar surface area (TPSA) is 153 Å². The lowest BCUT2D eigenvalue weighted by Crippen LogP contribution is -2.56. The molecule has 6 rings (SSSR count). The number of carbonyl (C=O) groups excluding carboxylic acids is 4. The van der Waals surface area contributed by atoms with Crippen LogP contribution in [0.1, 0.15) is 48.2 Å². The number of benzene rings is 3. The summed E-state index contributed by atoms with van der Waals surface area (Å²) in [5, 5.41) is 17.0. The molecule has 2 aliphatic rings. The largest absolute Gasteiger partial charge is 0.508 e. The molecular weight excluding hydrogens is 710 g/mol. The van der Waals surface area contributed by atoms with Crippen molar-refractivity contribution in [3.05, 3.63) is 88.6 Å². The van der Waals surface area contributed by atoms with E-state index in [4.69, 9.17) is 21.1 Å². The van der Waals surface area contributed by atoms with Crippen LogP contribution in [0.15, 0.2) is 66.9 Å². The number of rotatable bonds is 13. The Morgan fingerprint density at radius 2 is 1.78 bits per heavy atom. The second kappa shape index (κ2) is 16.8. The molecule has 4 amide bonds. The van der Waals surface area contributed by atoms with E-state index >= 15 is 0 Å². The van der Waals surface area contributed by atoms with Crippen LogP contribution in [0.2, 0.25) is 5.02 Å². The zero-order chi connectivity index (χ0) is 38.5. The zero-order valence-corrected chi connectivity index (χ0v) is 31.8. The number of nitrogens with zero attached hydrogens (tertiary/aromatic N) is 2. The summed E-state index contributed by atoms with van der Waals surface area (Å²) >= 11 is 6.19. The van der Waals surface area contributed by atoms with E-state index in [9.17, 15) is 24.3 Å². The van der Waals surface area contributed by atoms with Gasteiger partial charge in [-0.05, 0) is 98.5 Å². The van der Waals surface area contributed by atoms with Gasteiger partial charge in [0, 0.05) is 60.9 Å². The third-order valence-corrected chi connectivity index (χ3v) is 10.7. The molecule has 2 aliphatic heterocycles. The maximum Gasteiger partial charge on any atom is 0.254 e. The summed E-state index contributed by atoms with van der Waals surface area (Å²) in [6, 6.07) is 16.7. The maximum absolute atomic E-state index is 14.3. The van der Waals surface area contributed by atoms with Gasteiger partial charge < -0.3 is 40.0 Å². The van der Waals surface area contributed by atoms with Crippen LogP contribution in [-0.4, -0.2) is 96.0 Å². The molecule has 4 atom stereocenters. The molecule has 0 radical (unpaired) electrons. The molecule has 2 fully saturated rings. The van der Waals surface area contributed by atoms with Gasteiger partial charge in [0.2, 0.25) is 17.7 Å². The number of ether oxygens (including phenoxy) is 2. The standard InChI is InChI=1S/C41H48ClN5O7/c1-24(2)54-36-14-11-26(16-37(36)53-4)41(52)47-21-28-20-46(38(49)17-27-19-44-35-18-29(42)12-13-31(27)35)23-33(32(28)22-47)39(50)45-34(40(51)43-3)10-6-8-25-7-5-9-30(48)15-25/h5,7,9,11-16,18-19,24,28,32-34,44,48H,6,8,10,17,20-23H2,1-4H3,(H,43,51)(H,45,50)/t28?,32-,33?,34-/m0/s1. The van der Waals surface area contributed by atoms with Crippen LogP contribution in [-0.2, 0) is 27.2 Å². The number of aromatic hydroxyl groups is 1. The molecule has 2 unspecified atom stereocenters. The highest BCUT2D eigenvalue weighted by Crippen LogP contribution is 2.38. The summed E-state index contributed by atoms with van der Waals surface area (Å²) in [6.07, 6.45) is 3.43. The predicted octanol–water partition coefficient (Wildman–Crippen LogP) is 4.97. The van der Waals surface area contributed by atoms with Crippen molar-refractivity contribution in [2.45, 2.75) is 51.7 Å². The lowest BCUT2D eigenvalue weighted by Gasteiger charge is -2.40. The van der Waals surface area contributed by atoms with Gasteiger partial charge in [-0.25, -0.2) is 0 Å². The zero-order valence-electron chi connectivity index (χ0n) is 31.1. The van der Waals surface area contributed by atoms with E-state index in [2.05, 4.69) is 15.6 Å². The molecule has 12 nitrogen and oxygen atoms in total. The summed E-state index contributed by atoms with van der Waals surface area (Å²) in [6.45, 7) is 5.05. The summed E-state index contributed by atoms with van der Waals surface area (Å²) in [7, 11) is 3.06. The van der Waals surface area contributed by atoms with Gasteiger partial charge >= 0.3 is 0 Å². The number of carbonyl (C=O) groups is 4. The number of aromatic nitrogens is 1. The maximum atomic E-state index is 14.3. The van der Waals surface area contributed by atoms with Crippen LogP contribution in [0.5, 0.6) is 17.2 Å². The fraction of sp³-hybridized carbons (Fsp3) is 0.415. The third-order valence-electron chi connectivity index (χ3n) is 10.4. The Morgan fingerprint density at radius 1 is 0.981 bits per heavy atom. The molecule has 286 valence electrons. The van der Waals surface area contributed by atoms with Crippen LogP contribution in [0.3, 0.4) is 0 Å². The third kappa shape index (κ3) is 8.76. The summed E-state index contributed by atoms with van der Waals surface area (Å²) < 4.78 is 11.4. The molecule has 4 N–H and O–H groups in total. The summed E-state index contributed by atoms with van der Waals surface area (Å²) in [5.74, 6) is -0.904. The number of phenols is 1. The Morgan fingerprint density at radius 3 is 2.52 bits per heavy atom. The van der Waals surface area contributed by atoms with Crippen molar-refractivity contribution >= 4 is 46.1 Å². The number of H-pyrrole nitrogens is 1. The first-order valence-electron chi connectivity index (χ1n) is 18.4. The van der Waals surface area contributed by atoms with Gasteiger partial charge in [-0.1, -0.05) is 29.8 Å². The van der Waals surface area contributed by atoms with E-state index in [0.29, 0.717) is 61.0 Å². The average molecular weight is 758 g/mol. The second-order valence-electron chi connectivity index (χ2n) is 14.5. The van der Waals surface area contributed by atoms with E-state index in [1.807, 2.05) is 38.2 Å². The number of methoxy groups -OCH3 is 1. The first-order valence-corrected chi connectivity index (χ1v) is 18.8. The molecule has 0 bridgehead atoms. The van der Waals surface area contributed by atoms with Gasteiger partial charge in [0.05, 0.1) is 25.6 Å². The second-order valence-corrected chi connectivity index (χ2v) is 14.9. The Labute approximate surface area is 320 Å². The van der Waals surface area contributed by atoms with E-state index < -0.39 is 12.0 Å². The molecule has 3 aromatic carbocycles. The average Bonchev–Trinajstić information content (AvgIpc) is 3.77. The molecule has 3 heterocycles. The lowest BCUT2D eigenvalue weighted by atomic mass is 9.79. The van der Waals surface area contributed by atoms with Crippen molar-refractivity contribution in [2.75, 3.05) is 40.3 Å². The van der Waals surface area contributed by atoms with Crippen molar-refractivity contribution in [3.63, 3.8) is 0 Å². The highest BCUT2D eigenvalue weighted by atomic mass is 35.5. The minimum absolute atomic E-state index is 0.0771. The number of aromatic amines is 1. The first kappa shape index (κ1) is 38.5. The van der Waals surface area contributed by atoms with Crippen LogP contribution < -0.4 is 20.1 Å². The van der Waals surface area contributed by atoms with Gasteiger partial charge in [-0.2, -0.15) is 0 Å². The Bertz CT molecular complexity index is 2010. The first-order chi connectivity index (χ1) is 25.9. The van der Waals surface area contributed by atoms with E-state index in [-0.39, 0.29) is 60.3 Å². The minimum atomic E-state index is -0.805. The summed E-state index contributed by atoms with van der Waals surface area (Å²) in [5.41, 5.74) is 3.01. The van der Waals surface area contributed by atoms with Gasteiger partial charge in [0.25, 0.3) is 5.91 Å². The number of piperidine rings is 1. The van der Waals surface area contributed by atoms with E-state index in [1.54, 1.807) is 52.3 Å². The van der Waals surface area contributed by atoms with E-state index in [0.717, 1.165) is 22.0 Å². The number of fused-ring (bicyclic) bond motifs is 2. The SMILES string of the molecule is CNC(=O)[C@H](CCCc1cccc(O)c1)NC(=O)C1CN(C(=O)Cc2c[nH]c3cc(Cl)ccc23)CC2CN(C(=O)c3ccc(OC(C)C)c(OC)c3)C[C@@H]21. The quantitative estimate of drug-likeness (QED) is 0.150. The van der Waals surface area contributed by atoms with E-state index in [1.165, 1.54) is 14.2 Å². The van der Waals surface area contributed by atoms with Gasteiger partial charge in [-0.15, -0.1) is 0 Å². The monoisotopic (exact) mass is 757 g/mol. The lowest BCUT2D eigenvalue weighted by molar-refractivity contribution is -0.140. The fourth-order valence-corrected chi connectivity index (χ4v) is 7.95. The van der Waals surface area contributed by atoms with Crippen molar-refractivity contribution in [2.24, 2.45) is 17.8 Å². The summed E-state index contributed by atoms with van der Waals surface area (Å²) in [4.78, 5) is 62.0. The number of likely N-dealkylation sites (tertiary alicyclic amines) is 2. The highest BCUT2D eigenvalue weighted by Gasteiger charge is 2.48. The van der Waals surface area contributed by atoms with Crippen molar-refractivity contribution in [3.8, 4) is 17.2 Å². The molecule has 1 aromatic heterocycles. The molecule has 0 aliphatic carbocycles. The molecule has 54 heavy (non-hydrogen) atoms. The van der Waals surface area contributed by atoms with Gasteiger partial charge in [0.1, 0.15) is 11.8 Å². The number of amides is 4. The van der Waals surface area contributed by atoms with Gasteiger partial charge in [0.15, 0.2) is 11.5 Å². The number of hydrogen-bond acceptors (Lipinski definition) is 7.